The average molecular weight is 204 g/mol. The van der Waals surface area contributed by atoms with Gasteiger partial charge in [-0.2, -0.15) is 0 Å². The Balaban J connectivity index is 2.58. The molecular weight excluding hydrogens is 184 g/mol. The topological polar surface area (TPSA) is 17.1 Å². The fourth-order valence-corrected chi connectivity index (χ4v) is 1.82. The van der Waals surface area contributed by atoms with Crippen LogP contribution in [0.3, 0.4) is 0 Å². The molecule has 1 aromatic rings. The first-order valence-corrected chi connectivity index (χ1v) is 5.62. The van der Waals surface area contributed by atoms with E-state index in [0.29, 0.717) is 5.92 Å². The lowest BCUT2D eigenvalue weighted by Gasteiger charge is -2.12. The zero-order valence-electron chi connectivity index (χ0n) is 9.86. The highest BCUT2D eigenvalue weighted by atomic mass is 16.1. The molecule has 0 heterocycles. The maximum atomic E-state index is 10.9. The van der Waals surface area contributed by atoms with Crippen molar-refractivity contribution in [1.82, 2.24) is 0 Å². The Hall–Kier alpha value is -1.11. The number of hydrogen-bond donors (Lipinski definition) is 0. The molecule has 0 aliphatic heterocycles. The van der Waals surface area contributed by atoms with Crippen LogP contribution in [-0.4, -0.2) is 6.29 Å². The van der Waals surface area contributed by atoms with Crippen LogP contribution in [-0.2, 0) is 11.2 Å². The van der Waals surface area contributed by atoms with E-state index in [4.69, 9.17) is 0 Å². The van der Waals surface area contributed by atoms with Gasteiger partial charge in [-0.15, -0.1) is 0 Å². The van der Waals surface area contributed by atoms with Gasteiger partial charge in [0.05, 0.1) is 0 Å². The van der Waals surface area contributed by atoms with Crippen molar-refractivity contribution in [3.8, 4) is 0 Å². The number of carbonyl (C=O) groups excluding carboxylic acids is 1. The molecule has 82 valence electrons. The SMILES string of the molecule is Cc1ccc(CC(C=O)CC(C)C)cc1. The molecule has 0 saturated carbocycles. The zero-order chi connectivity index (χ0) is 11.3. The van der Waals surface area contributed by atoms with Gasteiger partial charge in [0.1, 0.15) is 6.29 Å². The minimum Gasteiger partial charge on any atom is -0.303 e. The minimum absolute atomic E-state index is 0.174. The van der Waals surface area contributed by atoms with Crippen molar-refractivity contribution < 1.29 is 4.79 Å². The molecule has 0 fully saturated rings. The lowest BCUT2D eigenvalue weighted by Crippen LogP contribution is -2.09. The van der Waals surface area contributed by atoms with E-state index in [0.717, 1.165) is 19.1 Å². The Morgan fingerprint density at radius 2 is 1.80 bits per heavy atom. The van der Waals surface area contributed by atoms with Crippen molar-refractivity contribution in [1.29, 1.82) is 0 Å². The minimum atomic E-state index is 0.174. The van der Waals surface area contributed by atoms with Gasteiger partial charge in [-0.1, -0.05) is 43.7 Å². The number of hydrogen-bond acceptors (Lipinski definition) is 1. The van der Waals surface area contributed by atoms with E-state index in [1.165, 1.54) is 11.1 Å². The molecule has 15 heavy (non-hydrogen) atoms. The molecular formula is C14H20O. The summed E-state index contributed by atoms with van der Waals surface area (Å²) in [6.07, 6.45) is 2.96. The van der Waals surface area contributed by atoms with Crippen LogP contribution in [0.15, 0.2) is 24.3 Å². The fourth-order valence-electron chi connectivity index (χ4n) is 1.82. The Bertz CT molecular complexity index is 298. The zero-order valence-corrected chi connectivity index (χ0v) is 9.86. The van der Waals surface area contributed by atoms with E-state index in [2.05, 4.69) is 45.0 Å². The van der Waals surface area contributed by atoms with Crippen LogP contribution >= 0.6 is 0 Å². The summed E-state index contributed by atoms with van der Waals surface area (Å²) in [4.78, 5) is 10.9. The van der Waals surface area contributed by atoms with E-state index in [-0.39, 0.29) is 5.92 Å². The van der Waals surface area contributed by atoms with Gasteiger partial charge in [-0.05, 0) is 31.2 Å². The molecule has 1 nitrogen and oxygen atoms in total. The van der Waals surface area contributed by atoms with E-state index >= 15 is 0 Å². The van der Waals surface area contributed by atoms with Crippen LogP contribution in [0.2, 0.25) is 0 Å². The van der Waals surface area contributed by atoms with Crippen molar-refractivity contribution >= 4 is 6.29 Å². The van der Waals surface area contributed by atoms with E-state index < -0.39 is 0 Å². The molecule has 1 aromatic carbocycles. The standard InChI is InChI=1S/C14H20O/c1-11(2)8-14(10-15)9-13-6-4-12(3)5-7-13/h4-7,10-11,14H,8-9H2,1-3H3. The molecule has 0 amide bonds. The molecule has 1 rings (SSSR count). The molecule has 0 N–H and O–H groups in total. The van der Waals surface area contributed by atoms with E-state index in [1.807, 2.05) is 0 Å². The Morgan fingerprint density at radius 1 is 1.20 bits per heavy atom. The van der Waals surface area contributed by atoms with Crippen LogP contribution in [0.1, 0.15) is 31.4 Å². The second kappa shape index (κ2) is 5.69. The monoisotopic (exact) mass is 204 g/mol. The third kappa shape index (κ3) is 4.28. The van der Waals surface area contributed by atoms with E-state index in [9.17, 15) is 4.79 Å². The maximum Gasteiger partial charge on any atom is 0.123 e. The number of carbonyl (C=O) groups is 1. The molecule has 0 saturated heterocycles. The molecule has 0 radical (unpaired) electrons. The quantitative estimate of drug-likeness (QED) is 0.672. The predicted octanol–water partition coefficient (Wildman–Crippen LogP) is 3.40. The van der Waals surface area contributed by atoms with Gasteiger partial charge in [-0.25, -0.2) is 0 Å². The van der Waals surface area contributed by atoms with Gasteiger partial charge in [0, 0.05) is 5.92 Å². The first-order chi connectivity index (χ1) is 7.11. The van der Waals surface area contributed by atoms with Crippen LogP contribution in [0, 0.1) is 18.8 Å². The maximum absolute atomic E-state index is 10.9. The summed E-state index contributed by atoms with van der Waals surface area (Å²) in [5.74, 6) is 0.762. The Morgan fingerprint density at radius 3 is 2.27 bits per heavy atom. The third-order valence-corrected chi connectivity index (χ3v) is 2.59. The van der Waals surface area contributed by atoms with Crippen LogP contribution in [0.4, 0.5) is 0 Å². The lowest BCUT2D eigenvalue weighted by atomic mass is 9.92. The number of aldehydes is 1. The summed E-state index contributed by atoms with van der Waals surface area (Å²) in [5, 5.41) is 0. The normalized spacial score (nSPS) is 12.8. The van der Waals surface area contributed by atoms with Gasteiger partial charge in [0.15, 0.2) is 0 Å². The van der Waals surface area contributed by atoms with Gasteiger partial charge in [-0.3, -0.25) is 0 Å². The van der Waals surface area contributed by atoms with Gasteiger partial charge >= 0.3 is 0 Å². The van der Waals surface area contributed by atoms with Gasteiger partial charge in [0.25, 0.3) is 0 Å². The van der Waals surface area contributed by atoms with E-state index in [1.54, 1.807) is 0 Å². The lowest BCUT2D eigenvalue weighted by molar-refractivity contribution is -0.111. The van der Waals surface area contributed by atoms with Crippen molar-refractivity contribution in [2.75, 3.05) is 0 Å². The molecule has 0 aromatic heterocycles. The second-order valence-electron chi connectivity index (χ2n) is 4.72. The molecule has 0 aliphatic rings. The highest BCUT2D eigenvalue weighted by Gasteiger charge is 2.10. The second-order valence-corrected chi connectivity index (χ2v) is 4.72. The Kier molecular flexibility index (Phi) is 4.54. The van der Waals surface area contributed by atoms with Crippen molar-refractivity contribution in [3.63, 3.8) is 0 Å². The van der Waals surface area contributed by atoms with Gasteiger partial charge < -0.3 is 4.79 Å². The molecule has 0 aliphatic carbocycles. The fraction of sp³-hybridized carbons (Fsp3) is 0.500. The summed E-state index contributed by atoms with van der Waals surface area (Å²) < 4.78 is 0. The summed E-state index contributed by atoms with van der Waals surface area (Å²) in [7, 11) is 0. The summed E-state index contributed by atoms with van der Waals surface area (Å²) in [6.45, 7) is 6.40. The third-order valence-electron chi connectivity index (χ3n) is 2.59. The summed E-state index contributed by atoms with van der Waals surface area (Å²) in [5.41, 5.74) is 2.53. The van der Waals surface area contributed by atoms with Gasteiger partial charge in [0.2, 0.25) is 0 Å². The average Bonchev–Trinajstić information content (AvgIpc) is 2.19. The molecule has 1 heteroatoms. The first kappa shape index (κ1) is 12.0. The van der Waals surface area contributed by atoms with Crippen molar-refractivity contribution in [2.24, 2.45) is 11.8 Å². The molecule has 1 unspecified atom stereocenters. The first-order valence-electron chi connectivity index (χ1n) is 5.62. The number of aryl methyl sites for hydroxylation is 1. The smallest absolute Gasteiger partial charge is 0.123 e. The number of benzene rings is 1. The van der Waals surface area contributed by atoms with Crippen LogP contribution in [0.5, 0.6) is 0 Å². The predicted molar refractivity (Wildman–Crippen MR) is 63.9 cm³/mol. The highest BCUT2D eigenvalue weighted by Crippen LogP contribution is 2.15. The number of rotatable bonds is 5. The molecule has 0 bridgehead atoms. The van der Waals surface area contributed by atoms with Crippen LogP contribution < -0.4 is 0 Å². The Labute approximate surface area is 92.5 Å². The molecule has 0 spiro atoms. The van der Waals surface area contributed by atoms with Crippen molar-refractivity contribution in [2.45, 2.75) is 33.6 Å². The summed E-state index contributed by atoms with van der Waals surface area (Å²) >= 11 is 0. The summed E-state index contributed by atoms with van der Waals surface area (Å²) in [6, 6.07) is 8.44. The van der Waals surface area contributed by atoms with Crippen molar-refractivity contribution in [3.05, 3.63) is 35.4 Å². The molecule has 1 atom stereocenters. The van der Waals surface area contributed by atoms with Crippen LogP contribution in [0.25, 0.3) is 0 Å². The largest absolute Gasteiger partial charge is 0.303 e. The highest BCUT2D eigenvalue weighted by molar-refractivity contribution is 5.54.